The van der Waals surface area contributed by atoms with Gasteiger partial charge in [-0.15, -0.1) is 11.3 Å². The molecule has 5 rings (SSSR count). The third kappa shape index (κ3) is 4.56. The average Bonchev–Trinajstić information content (AvgIpc) is 3.41. The number of aliphatic hydroxyl groups is 1. The van der Waals surface area contributed by atoms with Crippen molar-refractivity contribution in [2.45, 2.75) is 18.9 Å². The molecule has 31 heavy (non-hydrogen) atoms. The molecule has 1 aliphatic carbocycles. The van der Waals surface area contributed by atoms with Crippen LogP contribution < -0.4 is 15.5 Å². The van der Waals surface area contributed by atoms with E-state index >= 15 is 0 Å². The summed E-state index contributed by atoms with van der Waals surface area (Å²) in [6.45, 7) is 3.22. The van der Waals surface area contributed by atoms with Crippen molar-refractivity contribution in [3.63, 3.8) is 0 Å². The van der Waals surface area contributed by atoms with Crippen LogP contribution in [0.15, 0.2) is 47.8 Å². The van der Waals surface area contributed by atoms with Crippen LogP contribution in [0.2, 0.25) is 0 Å². The van der Waals surface area contributed by atoms with Gasteiger partial charge in [-0.25, -0.2) is 9.78 Å². The van der Waals surface area contributed by atoms with Gasteiger partial charge in [-0.2, -0.15) is 0 Å². The minimum atomic E-state index is -0.319. The van der Waals surface area contributed by atoms with Gasteiger partial charge in [-0.3, -0.25) is 0 Å². The van der Waals surface area contributed by atoms with E-state index in [2.05, 4.69) is 20.9 Å². The quantitative estimate of drug-likeness (QED) is 0.580. The summed E-state index contributed by atoms with van der Waals surface area (Å²) in [4.78, 5) is 19.4. The molecule has 2 amide bonds. The minimum Gasteiger partial charge on any atom is -0.392 e. The molecular weight excluding hydrogens is 412 g/mol. The predicted octanol–water partition coefficient (Wildman–Crippen LogP) is 3.75. The normalized spacial score (nSPS) is 18.0. The Hall–Kier alpha value is -2.94. The molecule has 0 bridgehead atoms. The highest BCUT2D eigenvalue weighted by Gasteiger charge is 2.19. The molecule has 1 aromatic heterocycles. The largest absolute Gasteiger partial charge is 0.392 e. The van der Waals surface area contributed by atoms with E-state index in [1.165, 1.54) is 0 Å². The fourth-order valence-electron chi connectivity index (χ4n) is 3.99. The van der Waals surface area contributed by atoms with E-state index in [4.69, 9.17) is 9.72 Å². The first-order valence-corrected chi connectivity index (χ1v) is 11.3. The van der Waals surface area contributed by atoms with Crippen LogP contribution in [0.5, 0.6) is 0 Å². The molecule has 160 valence electrons. The second kappa shape index (κ2) is 8.66. The summed E-state index contributed by atoms with van der Waals surface area (Å²) in [5.74, 6) is 0. The second-order valence-corrected chi connectivity index (χ2v) is 8.65. The van der Waals surface area contributed by atoms with Crippen LogP contribution in [0.3, 0.4) is 0 Å². The van der Waals surface area contributed by atoms with E-state index in [0.717, 1.165) is 59.5 Å². The number of amides is 2. The van der Waals surface area contributed by atoms with Crippen molar-refractivity contribution < 1.29 is 14.6 Å². The summed E-state index contributed by atoms with van der Waals surface area (Å²) >= 11 is 1.64. The number of nitrogens with one attached hydrogen (secondary N) is 2. The number of hydrogen-bond donors (Lipinski definition) is 3. The Kier molecular flexibility index (Phi) is 5.59. The first kappa shape index (κ1) is 20.0. The zero-order chi connectivity index (χ0) is 21.2. The van der Waals surface area contributed by atoms with Gasteiger partial charge in [-0.05, 0) is 48.2 Å². The van der Waals surface area contributed by atoms with Gasteiger partial charge in [0.25, 0.3) is 0 Å². The van der Waals surface area contributed by atoms with Crippen LogP contribution in [0.1, 0.15) is 11.1 Å². The Bertz CT molecular complexity index is 1080. The molecule has 1 atom stereocenters. The maximum atomic E-state index is 12.4. The van der Waals surface area contributed by atoms with Gasteiger partial charge >= 0.3 is 6.03 Å². The lowest BCUT2D eigenvalue weighted by Crippen LogP contribution is -2.36. The average molecular weight is 437 g/mol. The molecular formula is C23H24N4O3S. The number of hydrogen-bond acceptors (Lipinski definition) is 6. The SMILES string of the molecule is O=C(Nc1ccc(-c2csc(N3CCOCC3)n2)cc1)Nc1ccc2c(c1)CC(O)C2. The molecule has 2 aliphatic rings. The molecule has 2 aromatic carbocycles. The number of aromatic nitrogens is 1. The molecule has 0 saturated carbocycles. The van der Waals surface area contributed by atoms with Gasteiger partial charge < -0.3 is 25.4 Å². The molecule has 1 fully saturated rings. The molecule has 3 aromatic rings. The molecule has 1 saturated heterocycles. The van der Waals surface area contributed by atoms with Crippen molar-refractivity contribution in [2.24, 2.45) is 0 Å². The Morgan fingerprint density at radius 2 is 1.74 bits per heavy atom. The van der Waals surface area contributed by atoms with Crippen LogP contribution in [-0.2, 0) is 17.6 Å². The van der Waals surface area contributed by atoms with Gasteiger partial charge in [-0.1, -0.05) is 18.2 Å². The van der Waals surface area contributed by atoms with E-state index < -0.39 is 0 Å². The molecule has 1 aliphatic heterocycles. The van der Waals surface area contributed by atoms with E-state index in [1.807, 2.05) is 42.5 Å². The number of carbonyl (C=O) groups is 1. The maximum absolute atomic E-state index is 12.4. The second-order valence-electron chi connectivity index (χ2n) is 7.82. The lowest BCUT2D eigenvalue weighted by atomic mass is 10.1. The fourth-order valence-corrected chi connectivity index (χ4v) is 4.88. The van der Waals surface area contributed by atoms with Gasteiger partial charge in [0.2, 0.25) is 0 Å². The Morgan fingerprint density at radius 3 is 2.55 bits per heavy atom. The smallest absolute Gasteiger partial charge is 0.323 e. The standard InChI is InChI=1S/C23H24N4O3S/c28-20-12-16-3-6-19(11-17(16)13-20)25-22(29)24-18-4-1-15(2-5-18)21-14-31-23(26-21)27-7-9-30-10-8-27/h1-6,11,14,20,28H,7-10,12-13H2,(H2,24,25,29). The predicted molar refractivity (Wildman–Crippen MR) is 123 cm³/mol. The first-order chi connectivity index (χ1) is 15.1. The highest BCUT2D eigenvalue weighted by atomic mass is 32.1. The minimum absolute atomic E-state index is 0.297. The van der Waals surface area contributed by atoms with Gasteiger partial charge in [0, 0.05) is 35.4 Å². The number of carbonyl (C=O) groups excluding carboxylic acids is 1. The van der Waals surface area contributed by atoms with Gasteiger partial charge in [0.15, 0.2) is 5.13 Å². The molecule has 0 spiro atoms. The number of urea groups is 1. The van der Waals surface area contributed by atoms with Crippen LogP contribution >= 0.6 is 11.3 Å². The number of ether oxygens (including phenoxy) is 1. The zero-order valence-corrected chi connectivity index (χ0v) is 17.8. The van der Waals surface area contributed by atoms with E-state index in [0.29, 0.717) is 18.5 Å². The van der Waals surface area contributed by atoms with Gasteiger partial charge in [0.05, 0.1) is 25.0 Å². The van der Waals surface area contributed by atoms with Crippen LogP contribution in [-0.4, -0.2) is 48.5 Å². The number of rotatable bonds is 4. The number of anilines is 3. The third-order valence-electron chi connectivity index (χ3n) is 5.59. The molecule has 7 nitrogen and oxygen atoms in total. The van der Waals surface area contributed by atoms with Crippen molar-refractivity contribution >= 4 is 33.9 Å². The molecule has 2 heterocycles. The van der Waals surface area contributed by atoms with Crippen molar-refractivity contribution in [3.8, 4) is 11.3 Å². The topological polar surface area (TPSA) is 86.7 Å². The van der Waals surface area contributed by atoms with Gasteiger partial charge in [0.1, 0.15) is 0 Å². The highest BCUT2D eigenvalue weighted by molar-refractivity contribution is 7.14. The summed E-state index contributed by atoms with van der Waals surface area (Å²) in [6.07, 6.45) is 0.999. The number of thiazole rings is 1. The lowest BCUT2D eigenvalue weighted by molar-refractivity contribution is 0.122. The van der Waals surface area contributed by atoms with Crippen molar-refractivity contribution in [3.05, 3.63) is 59.0 Å². The number of benzene rings is 2. The number of aliphatic hydroxyl groups excluding tert-OH is 1. The van der Waals surface area contributed by atoms with Crippen molar-refractivity contribution in [1.29, 1.82) is 0 Å². The van der Waals surface area contributed by atoms with E-state index in [-0.39, 0.29) is 12.1 Å². The Morgan fingerprint density at radius 1 is 1.03 bits per heavy atom. The molecule has 1 unspecified atom stereocenters. The summed E-state index contributed by atoms with van der Waals surface area (Å²) in [5, 5.41) is 18.6. The Balaban J connectivity index is 1.20. The third-order valence-corrected chi connectivity index (χ3v) is 6.49. The molecule has 8 heteroatoms. The van der Waals surface area contributed by atoms with Crippen LogP contribution in [0.25, 0.3) is 11.3 Å². The Labute approximate surface area is 184 Å². The van der Waals surface area contributed by atoms with E-state index in [9.17, 15) is 9.90 Å². The number of morpholine rings is 1. The molecule has 0 radical (unpaired) electrons. The zero-order valence-electron chi connectivity index (χ0n) is 17.0. The first-order valence-electron chi connectivity index (χ1n) is 10.4. The fraction of sp³-hybridized carbons (Fsp3) is 0.304. The summed E-state index contributed by atoms with van der Waals surface area (Å²) in [5.41, 5.74) is 5.62. The highest BCUT2D eigenvalue weighted by Crippen LogP contribution is 2.29. The van der Waals surface area contributed by atoms with Crippen LogP contribution in [0.4, 0.5) is 21.3 Å². The summed E-state index contributed by atoms with van der Waals surface area (Å²) < 4.78 is 5.40. The number of fused-ring (bicyclic) bond motifs is 1. The lowest BCUT2D eigenvalue weighted by Gasteiger charge is -2.26. The van der Waals surface area contributed by atoms with Crippen molar-refractivity contribution in [2.75, 3.05) is 41.8 Å². The maximum Gasteiger partial charge on any atom is 0.323 e. The van der Waals surface area contributed by atoms with Crippen LogP contribution in [0, 0.1) is 0 Å². The summed E-state index contributed by atoms with van der Waals surface area (Å²) in [6, 6.07) is 13.2. The molecule has 3 N–H and O–H groups in total. The monoisotopic (exact) mass is 436 g/mol. The summed E-state index contributed by atoms with van der Waals surface area (Å²) in [7, 11) is 0. The van der Waals surface area contributed by atoms with Crippen molar-refractivity contribution in [1.82, 2.24) is 4.98 Å². The number of nitrogens with zero attached hydrogens (tertiary/aromatic N) is 2. The van der Waals surface area contributed by atoms with E-state index in [1.54, 1.807) is 11.3 Å².